The molecular weight excluding hydrogens is 198 g/mol. The molecular formula is C10H15NO4. The summed E-state index contributed by atoms with van der Waals surface area (Å²) in [6, 6.07) is -1.31. The molecule has 1 amide bonds. The molecule has 0 heterocycles. The molecule has 0 aliphatic rings. The fourth-order valence-corrected chi connectivity index (χ4v) is 0.788. The molecule has 5 heteroatoms. The second kappa shape index (κ2) is 4.69. The van der Waals surface area contributed by atoms with Crippen molar-refractivity contribution in [1.82, 2.24) is 4.90 Å². The van der Waals surface area contributed by atoms with Crippen LogP contribution in [0.15, 0.2) is 0 Å². The minimum Gasteiger partial charge on any atom is -0.479 e. The Morgan fingerprint density at radius 2 is 1.93 bits per heavy atom. The number of carbonyl (C=O) groups is 2. The van der Waals surface area contributed by atoms with Crippen molar-refractivity contribution >= 4 is 12.1 Å². The number of rotatable bonds is 2. The number of terminal acetylenes is 1. The van der Waals surface area contributed by atoms with Gasteiger partial charge in [-0.15, -0.1) is 6.42 Å². The smallest absolute Gasteiger partial charge is 0.411 e. The standard InChI is InChI=1S/C10H15NO4/c1-6-7(8(12)13)11(5)9(14)15-10(2,3)4/h1,7H,2-5H3,(H,12,13)/t7-/m0/s1. The molecule has 0 aromatic rings. The first-order chi connectivity index (χ1) is 6.69. The number of ether oxygens (including phenoxy) is 1. The van der Waals surface area contributed by atoms with Crippen LogP contribution in [0.4, 0.5) is 4.79 Å². The van der Waals surface area contributed by atoms with E-state index in [2.05, 4.69) is 0 Å². The third kappa shape index (κ3) is 4.36. The van der Waals surface area contributed by atoms with Crippen LogP contribution in [-0.2, 0) is 9.53 Å². The van der Waals surface area contributed by atoms with Gasteiger partial charge in [-0.05, 0) is 20.8 Å². The van der Waals surface area contributed by atoms with E-state index in [1.807, 2.05) is 5.92 Å². The van der Waals surface area contributed by atoms with Gasteiger partial charge in [0.25, 0.3) is 0 Å². The van der Waals surface area contributed by atoms with Crippen LogP contribution in [0.1, 0.15) is 20.8 Å². The normalized spacial score (nSPS) is 12.5. The zero-order valence-electron chi connectivity index (χ0n) is 9.27. The highest BCUT2D eigenvalue weighted by atomic mass is 16.6. The van der Waals surface area contributed by atoms with E-state index in [1.165, 1.54) is 7.05 Å². The Hall–Kier alpha value is -1.70. The van der Waals surface area contributed by atoms with Gasteiger partial charge in [-0.25, -0.2) is 9.59 Å². The molecule has 0 bridgehead atoms. The maximum atomic E-state index is 11.4. The van der Waals surface area contributed by atoms with Crippen LogP contribution in [0.5, 0.6) is 0 Å². The first kappa shape index (κ1) is 13.3. The van der Waals surface area contributed by atoms with Crippen molar-refractivity contribution < 1.29 is 19.4 Å². The molecule has 0 saturated carbocycles. The summed E-state index contributed by atoms with van der Waals surface area (Å²) in [7, 11) is 1.28. The number of aliphatic carboxylic acids is 1. The van der Waals surface area contributed by atoms with Crippen molar-refractivity contribution in [2.75, 3.05) is 7.05 Å². The number of carboxylic acids is 1. The minimum absolute atomic E-state index is 0.678. The Labute approximate surface area is 89.0 Å². The van der Waals surface area contributed by atoms with Crippen molar-refractivity contribution in [3.8, 4) is 12.3 Å². The second-order valence-electron chi connectivity index (χ2n) is 4.00. The van der Waals surface area contributed by atoms with Crippen molar-refractivity contribution in [3.05, 3.63) is 0 Å². The molecule has 0 aliphatic heterocycles. The third-order valence-corrected chi connectivity index (χ3v) is 1.46. The Morgan fingerprint density at radius 1 is 1.47 bits per heavy atom. The maximum Gasteiger partial charge on any atom is 0.411 e. The molecule has 1 N–H and O–H groups in total. The van der Waals surface area contributed by atoms with E-state index in [4.69, 9.17) is 16.3 Å². The lowest BCUT2D eigenvalue weighted by molar-refractivity contribution is -0.140. The molecule has 0 fully saturated rings. The summed E-state index contributed by atoms with van der Waals surface area (Å²) in [4.78, 5) is 22.9. The summed E-state index contributed by atoms with van der Waals surface area (Å²) >= 11 is 0. The summed E-state index contributed by atoms with van der Waals surface area (Å²) < 4.78 is 4.96. The predicted molar refractivity (Wildman–Crippen MR) is 54.3 cm³/mol. The van der Waals surface area contributed by atoms with Gasteiger partial charge in [0.05, 0.1) is 0 Å². The third-order valence-electron chi connectivity index (χ3n) is 1.46. The average Bonchev–Trinajstić information content (AvgIpc) is 2.01. The monoisotopic (exact) mass is 213 g/mol. The van der Waals surface area contributed by atoms with E-state index >= 15 is 0 Å². The van der Waals surface area contributed by atoms with Crippen LogP contribution in [0.2, 0.25) is 0 Å². The van der Waals surface area contributed by atoms with Gasteiger partial charge in [-0.3, -0.25) is 4.90 Å². The van der Waals surface area contributed by atoms with Crippen molar-refractivity contribution in [3.63, 3.8) is 0 Å². The van der Waals surface area contributed by atoms with Gasteiger partial charge >= 0.3 is 12.1 Å². The zero-order valence-corrected chi connectivity index (χ0v) is 9.27. The van der Waals surface area contributed by atoms with Crippen LogP contribution < -0.4 is 0 Å². The minimum atomic E-state index is -1.31. The molecule has 1 atom stereocenters. The Balaban J connectivity index is 4.58. The Morgan fingerprint density at radius 3 is 2.20 bits per heavy atom. The summed E-state index contributed by atoms with van der Waals surface area (Å²) in [5.41, 5.74) is -0.678. The first-order valence-electron chi connectivity index (χ1n) is 4.34. The summed E-state index contributed by atoms with van der Waals surface area (Å²) in [5, 5.41) is 8.70. The number of nitrogens with zero attached hydrogens (tertiary/aromatic N) is 1. The van der Waals surface area contributed by atoms with E-state index < -0.39 is 23.7 Å². The van der Waals surface area contributed by atoms with Crippen molar-refractivity contribution in [1.29, 1.82) is 0 Å². The van der Waals surface area contributed by atoms with E-state index in [1.54, 1.807) is 20.8 Å². The molecule has 0 unspecified atom stereocenters. The van der Waals surface area contributed by atoms with Gasteiger partial charge in [0.1, 0.15) is 5.60 Å². The Kier molecular flexibility index (Phi) is 4.16. The van der Waals surface area contributed by atoms with Gasteiger partial charge in [0.15, 0.2) is 6.04 Å². The largest absolute Gasteiger partial charge is 0.479 e. The molecule has 0 radical (unpaired) electrons. The Bertz CT molecular complexity index is 298. The van der Waals surface area contributed by atoms with E-state index in [-0.39, 0.29) is 0 Å². The highest BCUT2D eigenvalue weighted by molar-refractivity contribution is 5.82. The second-order valence-corrected chi connectivity index (χ2v) is 4.00. The lowest BCUT2D eigenvalue weighted by Gasteiger charge is -2.26. The van der Waals surface area contributed by atoms with E-state index in [9.17, 15) is 9.59 Å². The topological polar surface area (TPSA) is 66.8 Å². The predicted octanol–water partition coefficient (Wildman–Crippen LogP) is 0.940. The number of hydrogen-bond donors (Lipinski definition) is 1. The number of likely N-dealkylation sites (N-methyl/N-ethyl adjacent to an activating group) is 1. The molecule has 0 aromatic carbocycles. The molecule has 0 saturated heterocycles. The summed E-state index contributed by atoms with van der Waals surface area (Å²) in [6.07, 6.45) is 4.24. The highest BCUT2D eigenvalue weighted by Crippen LogP contribution is 2.10. The quantitative estimate of drug-likeness (QED) is 0.693. The van der Waals surface area contributed by atoms with Crippen LogP contribution in [0.3, 0.4) is 0 Å². The molecule has 0 aromatic heterocycles. The lowest BCUT2D eigenvalue weighted by atomic mass is 10.2. The molecule has 0 aliphatic carbocycles. The number of amides is 1. The maximum absolute atomic E-state index is 11.4. The highest BCUT2D eigenvalue weighted by Gasteiger charge is 2.28. The summed E-state index contributed by atoms with van der Waals surface area (Å²) in [5.74, 6) is 0.735. The number of carboxylic acid groups (broad SMARTS) is 1. The molecule has 84 valence electrons. The van der Waals surface area contributed by atoms with Gasteiger partial charge in [-0.1, -0.05) is 5.92 Å². The SMILES string of the molecule is C#C[C@@H](C(=O)O)N(C)C(=O)OC(C)(C)C. The number of hydrogen-bond acceptors (Lipinski definition) is 3. The fraction of sp³-hybridized carbons (Fsp3) is 0.600. The van der Waals surface area contributed by atoms with Gasteiger partial charge in [-0.2, -0.15) is 0 Å². The van der Waals surface area contributed by atoms with Crippen molar-refractivity contribution in [2.45, 2.75) is 32.4 Å². The van der Waals surface area contributed by atoms with E-state index in [0.717, 1.165) is 4.90 Å². The van der Waals surface area contributed by atoms with Crippen LogP contribution in [-0.4, -0.2) is 40.8 Å². The van der Waals surface area contributed by atoms with Crippen molar-refractivity contribution in [2.24, 2.45) is 0 Å². The average molecular weight is 213 g/mol. The van der Waals surface area contributed by atoms with Crippen LogP contribution in [0.25, 0.3) is 0 Å². The molecule has 0 spiro atoms. The van der Waals surface area contributed by atoms with Crippen LogP contribution >= 0.6 is 0 Å². The van der Waals surface area contributed by atoms with Crippen LogP contribution in [0, 0.1) is 12.3 Å². The molecule has 5 nitrogen and oxygen atoms in total. The lowest BCUT2D eigenvalue weighted by Crippen LogP contribution is -2.44. The summed E-state index contributed by atoms with van der Waals surface area (Å²) in [6.45, 7) is 5.05. The van der Waals surface area contributed by atoms with Gasteiger partial charge in [0.2, 0.25) is 0 Å². The number of carbonyl (C=O) groups excluding carboxylic acids is 1. The fourth-order valence-electron chi connectivity index (χ4n) is 0.788. The molecule has 15 heavy (non-hydrogen) atoms. The van der Waals surface area contributed by atoms with Gasteiger partial charge < -0.3 is 9.84 Å². The molecule has 0 rings (SSSR count). The van der Waals surface area contributed by atoms with Gasteiger partial charge in [0, 0.05) is 7.05 Å². The van der Waals surface area contributed by atoms with E-state index in [0.29, 0.717) is 0 Å². The first-order valence-corrected chi connectivity index (χ1v) is 4.34. The zero-order chi connectivity index (χ0) is 12.2.